The number of nitrogens with one attached hydrogen (secondary N) is 2. The van der Waals surface area contributed by atoms with Crippen molar-refractivity contribution in [3.05, 3.63) is 71.0 Å². The molecule has 2 aliphatic rings. The first kappa shape index (κ1) is 23.9. The summed E-state index contributed by atoms with van der Waals surface area (Å²) in [6.07, 6.45) is 3.11. The number of halogens is 1. The first-order chi connectivity index (χ1) is 16.5. The van der Waals surface area contributed by atoms with Gasteiger partial charge in [0.15, 0.2) is 0 Å². The fraction of sp³-hybridized carbons (Fsp3) is 0.423. The highest BCUT2D eigenvalue weighted by Crippen LogP contribution is 2.23. The van der Waals surface area contributed by atoms with Gasteiger partial charge in [-0.3, -0.25) is 19.3 Å². The number of carbonyl (C=O) groups is 3. The molecule has 2 aliphatic heterocycles. The van der Waals surface area contributed by atoms with Gasteiger partial charge < -0.3 is 15.5 Å². The van der Waals surface area contributed by atoms with Gasteiger partial charge in [-0.25, -0.2) is 4.39 Å². The molecule has 34 heavy (non-hydrogen) atoms. The summed E-state index contributed by atoms with van der Waals surface area (Å²) < 4.78 is 13.1. The molecule has 3 amide bonds. The Hall–Kier alpha value is -3.26. The molecule has 1 atom stereocenters. The summed E-state index contributed by atoms with van der Waals surface area (Å²) in [7, 11) is 0. The normalized spacial score (nSPS) is 17.8. The van der Waals surface area contributed by atoms with E-state index >= 15 is 0 Å². The minimum absolute atomic E-state index is 0.0161. The molecule has 0 spiro atoms. The molecule has 2 heterocycles. The standard InChI is InChI=1S/C26H31FN4O3/c27-22-9-7-19(8-10-22)11-12-28-26(34)23-15-20-5-1-2-6-21(20)17-31(23)18-24(32)29-16-25(33)30-13-3-4-14-30/h1-2,5-10,23H,3-4,11-18H2,(H,28,34)(H,29,32). The van der Waals surface area contributed by atoms with Gasteiger partial charge in [0.25, 0.3) is 0 Å². The van der Waals surface area contributed by atoms with E-state index in [4.69, 9.17) is 0 Å². The highest BCUT2D eigenvalue weighted by atomic mass is 19.1. The molecule has 0 aromatic heterocycles. The number of fused-ring (bicyclic) bond motifs is 1. The number of amides is 3. The predicted octanol–water partition coefficient (Wildman–Crippen LogP) is 1.65. The van der Waals surface area contributed by atoms with E-state index in [0.29, 0.717) is 25.9 Å². The zero-order chi connectivity index (χ0) is 23.9. The molecule has 1 saturated heterocycles. The Labute approximate surface area is 199 Å². The molecule has 0 bridgehead atoms. The fourth-order valence-corrected chi connectivity index (χ4v) is 4.59. The lowest BCUT2D eigenvalue weighted by atomic mass is 9.93. The largest absolute Gasteiger partial charge is 0.354 e. The third-order valence-corrected chi connectivity index (χ3v) is 6.52. The number of rotatable bonds is 8. The Kier molecular flexibility index (Phi) is 7.90. The lowest BCUT2D eigenvalue weighted by Crippen LogP contribution is -2.53. The molecular formula is C26H31FN4O3. The molecule has 1 fully saturated rings. The van der Waals surface area contributed by atoms with Gasteiger partial charge in [0, 0.05) is 26.2 Å². The third kappa shape index (κ3) is 6.20. The second-order valence-corrected chi connectivity index (χ2v) is 8.93. The molecule has 7 nitrogen and oxygen atoms in total. The topological polar surface area (TPSA) is 81.8 Å². The van der Waals surface area contributed by atoms with Crippen molar-refractivity contribution in [2.45, 2.75) is 38.3 Å². The van der Waals surface area contributed by atoms with E-state index in [2.05, 4.69) is 10.6 Å². The Morgan fingerprint density at radius 2 is 1.65 bits per heavy atom. The summed E-state index contributed by atoms with van der Waals surface area (Å²) in [5.74, 6) is -0.761. The van der Waals surface area contributed by atoms with Crippen molar-refractivity contribution >= 4 is 17.7 Å². The minimum Gasteiger partial charge on any atom is -0.354 e. The zero-order valence-electron chi connectivity index (χ0n) is 19.3. The van der Waals surface area contributed by atoms with Gasteiger partial charge in [-0.05, 0) is 54.5 Å². The van der Waals surface area contributed by atoms with Crippen molar-refractivity contribution in [3.63, 3.8) is 0 Å². The predicted molar refractivity (Wildman–Crippen MR) is 126 cm³/mol. The molecule has 1 unspecified atom stereocenters. The fourth-order valence-electron chi connectivity index (χ4n) is 4.59. The van der Waals surface area contributed by atoms with E-state index in [0.717, 1.165) is 42.6 Å². The first-order valence-corrected chi connectivity index (χ1v) is 11.9. The summed E-state index contributed by atoms with van der Waals surface area (Å²) in [6, 6.07) is 13.7. The van der Waals surface area contributed by atoms with Crippen LogP contribution in [0.2, 0.25) is 0 Å². The van der Waals surface area contributed by atoms with Gasteiger partial charge in [0.2, 0.25) is 17.7 Å². The van der Waals surface area contributed by atoms with Crippen LogP contribution in [0.4, 0.5) is 4.39 Å². The van der Waals surface area contributed by atoms with Crippen LogP contribution in [0.5, 0.6) is 0 Å². The van der Waals surface area contributed by atoms with E-state index in [1.165, 1.54) is 12.1 Å². The van der Waals surface area contributed by atoms with E-state index in [-0.39, 0.29) is 36.6 Å². The van der Waals surface area contributed by atoms with E-state index in [1.54, 1.807) is 17.0 Å². The van der Waals surface area contributed by atoms with Crippen molar-refractivity contribution in [3.8, 4) is 0 Å². The van der Waals surface area contributed by atoms with Crippen LogP contribution in [0.25, 0.3) is 0 Å². The summed E-state index contributed by atoms with van der Waals surface area (Å²) >= 11 is 0. The first-order valence-electron chi connectivity index (χ1n) is 11.9. The lowest BCUT2D eigenvalue weighted by molar-refractivity contribution is -0.134. The lowest BCUT2D eigenvalue weighted by Gasteiger charge is -2.35. The van der Waals surface area contributed by atoms with Crippen LogP contribution in [-0.2, 0) is 33.8 Å². The summed E-state index contributed by atoms with van der Waals surface area (Å²) in [4.78, 5) is 41.6. The van der Waals surface area contributed by atoms with Gasteiger partial charge in [-0.1, -0.05) is 36.4 Å². The summed E-state index contributed by atoms with van der Waals surface area (Å²) in [5, 5.41) is 5.70. The number of hydrogen-bond acceptors (Lipinski definition) is 4. The second-order valence-electron chi connectivity index (χ2n) is 8.93. The number of hydrogen-bond donors (Lipinski definition) is 2. The monoisotopic (exact) mass is 466 g/mol. The molecule has 180 valence electrons. The Balaban J connectivity index is 1.34. The zero-order valence-corrected chi connectivity index (χ0v) is 19.3. The molecular weight excluding hydrogens is 435 g/mol. The second kappa shape index (κ2) is 11.2. The Bertz CT molecular complexity index is 1020. The number of nitrogens with zero attached hydrogens (tertiary/aromatic N) is 2. The van der Waals surface area contributed by atoms with Gasteiger partial charge >= 0.3 is 0 Å². The Morgan fingerprint density at radius 1 is 0.941 bits per heavy atom. The van der Waals surface area contributed by atoms with Crippen molar-refractivity contribution < 1.29 is 18.8 Å². The number of benzene rings is 2. The van der Waals surface area contributed by atoms with Crippen LogP contribution in [0, 0.1) is 5.82 Å². The molecule has 0 radical (unpaired) electrons. The molecule has 2 N–H and O–H groups in total. The maximum absolute atomic E-state index is 13.1. The highest BCUT2D eigenvalue weighted by molar-refractivity contribution is 5.87. The number of carbonyl (C=O) groups excluding carboxylic acids is 3. The van der Waals surface area contributed by atoms with Crippen molar-refractivity contribution in [1.82, 2.24) is 20.4 Å². The average molecular weight is 467 g/mol. The maximum atomic E-state index is 13.1. The van der Waals surface area contributed by atoms with Crippen molar-refractivity contribution in [2.24, 2.45) is 0 Å². The summed E-state index contributed by atoms with van der Waals surface area (Å²) in [5.41, 5.74) is 3.13. The van der Waals surface area contributed by atoms with Crippen molar-refractivity contribution in [2.75, 3.05) is 32.7 Å². The van der Waals surface area contributed by atoms with Crippen LogP contribution >= 0.6 is 0 Å². The quantitative estimate of drug-likeness (QED) is 0.620. The van der Waals surface area contributed by atoms with Crippen LogP contribution in [0.15, 0.2) is 48.5 Å². The highest BCUT2D eigenvalue weighted by Gasteiger charge is 2.32. The van der Waals surface area contributed by atoms with Gasteiger partial charge in [0.05, 0.1) is 19.1 Å². The van der Waals surface area contributed by atoms with E-state index in [9.17, 15) is 18.8 Å². The maximum Gasteiger partial charge on any atom is 0.241 e. The summed E-state index contributed by atoms with van der Waals surface area (Å²) in [6.45, 7) is 2.43. The SMILES string of the molecule is O=C(CN1Cc2ccccc2CC1C(=O)NCCc1ccc(F)cc1)NCC(=O)N1CCCC1. The van der Waals surface area contributed by atoms with E-state index < -0.39 is 6.04 Å². The molecule has 0 aliphatic carbocycles. The molecule has 0 saturated carbocycles. The molecule has 8 heteroatoms. The van der Waals surface area contributed by atoms with Crippen LogP contribution < -0.4 is 10.6 Å². The Morgan fingerprint density at radius 3 is 2.38 bits per heavy atom. The molecule has 2 aromatic carbocycles. The third-order valence-electron chi connectivity index (χ3n) is 6.52. The van der Waals surface area contributed by atoms with Gasteiger partial charge in [-0.2, -0.15) is 0 Å². The molecule has 2 aromatic rings. The smallest absolute Gasteiger partial charge is 0.241 e. The average Bonchev–Trinajstić information content (AvgIpc) is 3.38. The molecule has 4 rings (SSSR count). The van der Waals surface area contributed by atoms with Gasteiger partial charge in [0.1, 0.15) is 5.82 Å². The van der Waals surface area contributed by atoms with Crippen LogP contribution in [-0.4, -0.2) is 66.3 Å². The minimum atomic E-state index is -0.483. The van der Waals surface area contributed by atoms with Crippen LogP contribution in [0.1, 0.15) is 29.5 Å². The van der Waals surface area contributed by atoms with Gasteiger partial charge in [-0.15, -0.1) is 0 Å². The van der Waals surface area contributed by atoms with Crippen molar-refractivity contribution in [1.29, 1.82) is 0 Å². The number of likely N-dealkylation sites (tertiary alicyclic amines) is 1. The van der Waals surface area contributed by atoms with E-state index in [1.807, 2.05) is 29.2 Å². The van der Waals surface area contributed by atoms with Crippen LogP contribution in [0.3, 0.4) is 0 Å².